The first-order valence-corrected chi connectivity index (χ1v) is 3.43. The molecule has 0 N–H and O–H groups in total. The average molecular weight is 173 g/mol. The van der Waals surface area contributed by atoms with E-state index in [4.69, 9.17) is 0 Å². The summed E-state index contributed by atoms with van der Waals surface area (Å²) in [7, 11) is 0. The van der Waals surface area contributed by atoms with Crippen molar-refractivity contribution in [3.63, 3.8) is 0 Å². The number of carbonyl (C=O) groups excluding carboxylic acids is 3. The number of carboxylic acid groups (broad SMARTS) is 1. The largest absolute Gasteiger partial charge is 0.550 e. The molecule has 0 aromatic heterocycles. The Bertz CT molecular complexity index is 186. The summed E-state index contributed by atoms with van der Waals surface area (Å²) in [5.41, 5.74) is 0. The molecule has 1 atom stereocenters. The van der Waals surface area contributed by atoms with Crippen molar-refractivity contribution in [2.75, 3.05) is 6.61 Å². The summed E-state index contributed by atoms with van der Waals surface area (Å²) in [5, 5.41) is 10.00. The molecule has 0 aromatic rings. The van der Waals surface area contributed by atoms with E-state index in [9.17, 15) is 19.5 Å². The van der Waals surface area contributed by atoms with Gasteiger partial charge in [-0.25, -0.2) is 0 Å². The third kappa shape index (κ3) is 3.70. The molecule has 0 spiro atoms. The molecule has 0 aliphatic rings. The number of carbonyl (C=O) groups is 3. The summed E-state index contributed by atoms with van der Waals surface area (Å²) >= 11 is 0. The molecule has 0 aliphatic heterocycles. The molecule has 0 heterocycles. The summed E-state index contributed by atoms with van der Waals surface area (Å²) in [6.07, 6.45) is -0.379. The van der Waals surface area contributed by atoms with Crippen LogP contribution in [-0.2, 0) is 19.1 Å². The number of aliphatic carboxylic acids is 1. The van der Waals surface area contributed by atoms with Gasteiger partial charge in [-0.2, -0.15) is 0 Å². The van der Waals surface area contributed by atoms with Gasteiger partial charge in [0.15, 0.2) is 0 Å². The highest BCUT2D eigenvalue weighted by atomic mass is 16.5. The maximum atomic E-state index is 10.8. The van der Waals surface area contributed by atoms with Crippen molar-refractivity contribution in [1.82, 2.24) is 0 Å². The summed E-state index contributed by atoms with van der Waals surface area (Å²) < 4.78 is 4.43. The Morgan fingerprint density at radius 2 is 2.17 bits per heavy atom. The highest BCUT2D eigenvalue weighted by Gasteiger charge is 2.18. The zero-order chi connectivity index (χ0) is 9.56. The van der Waals surface area contributed by atoms with Crippen molar-refractivity contribution in [3.05, 3.63) is 0 Å². The second-order valence-electron chi connectivity index (χ2n) is 2.07. The maximum Gasteiger partial charge on any atom is 0.316 e. The maximum absolute atomic E-state index is 10.8. The van der Waals surface area contributed by atoms with Gasteiger partial charge in [-0.05, 0) is 6.92 Å². The summed E-state index contributed by atoms with van der Waals surface area (Å²) in [6, 6.07) is 0. The monoisotopic (exact) mass is 173 g/mol. The Labute approximate surface area is 69.3 Å². The molecular formula is C7H9O5-. The lowest BCUT2D eigenvalue weighted by molar-refractivity contribution is -0.306. The van der Waals surface area contributed by atoms with E-state index in [1.54, 1.807) is 6.92 Å². The molecule has 0 bridgehead atoms. The van der Waals surface area contributed by atoms with Crippen LogP contribution in [0.4, 0.5) is 0 Å². The Morgan fingerprint density at radius 3 is 2.50 bits per heavy atom. The molecule has 1 unspecified atom stereocenters. The van der Waals surface area contributed by atoms with Gasteiger partial charge in [-0.15, -0.1) is 0 Å². The minimum atomic E-state index is -1.44. The Morgan fingerprint density at radius 1 is 1.58 bits per heavy atom. The van der Waals surface area contributed by atoms with E-state index in [1.165, 1.54) is 0 Å². The summed E-state index contributed by atoms with van der Waals surface area (Å²) in [5.74, 6) is -3.51. The summed E-state index contributed by atoms with van der Waals surface area (Å²) in [6.45, 7) is 1.69. The van der Waals surface area contributed by atoms with Crippen LogP contribution in [0.2, 0.25) is 0 Å². The second kappa shape index (κ2) is 5.29. The zero-order valence-electron chi connectivity index (χ0n) is 6.61. The molecular weight excluding hydrogens is 164 g/mol. The fraction of sp³-hybridized carbons (Fsp3) is 0.571. The van der Waals surface area contributed by atoms with Crippen LogP contribution in [0.25, 0.3) is 0 Å². The fourth-order valence-corrected chi connectivity index (χ4v) is 0.616. The number of aldehydes is 1. The molecule has 0 saturated carbocycles. The first-order valence-electron chi connectivity index (χ1n) is 3.43. The van der Waals surface area contributed by atoms with Gasteiger partial charge in [-0.3, -0.25) is 4.79 Å². The Balaban J connectivity index is 4.05. The van der Waals surface area contributed by atoms with E-state index in [-0.39, 0.29) is 12.9 Å². The smallest absolute Gasteiger partial charge is 0.316 e. The highest BCUT2D eigenvalue weighted by molar-refractivity contribution is 5.91. The molecule has 68 valence electrons. The van der Waals surface area contributed by atoms with Crippen molar-refractivity contribution in [2.24, 2.45) is 5.92 Å². The van der Waals surface area contributed by atoms with Crippen LogP contribution in [0.15, 0.2) is 0 Å². The normalized spacial score (nSPS) is 11.8. The van der Waals surface area contributed by atoms with Gasteiger partial charge >= 0.3 is 5.97 Å². The standard InChI is InChI=1S/C7H10O5/c1-2-12-7(11)5(4-8)3-6(9)10/h4-5H,2-3H2,1H3,(H,9,10)/p-1. The van der Waals surface area contributed by atoms with Crippen LogP contribution in [0.3, 0.4) is 0 Å². The van der Waals surface area contributed by atoms with Crippen LogP contribution in [-0.4, -0.2) is 24.8 Å². The van der Waals surface area contributed by atoms with Gasteiger partial charge in [-0.1, -0.05) is 0 Å². The topological polar surface area (TPSA) is 83.5 Å². The molecule has 12 heavy (non-hydrogen) atoms. The van der Waals surface area contributed by atoms with Crippen LogP contribution >= 0.6 is 0 Å². The molecule has 0 saturated heterocycles. The number of rotatable bonds is 5. The predicted octanol–water partition coefficient (Wildman–Crippen LogP) is -1.50. The first kappa shape index (κ1) is 10.6. The zero-order valence-corrected chi connectivity index (χ0v) is 6.61. The van der Waals surface area contributed by atoms with Crippen LogP contribution < -0.4 is 5.11 Å². The first-order chi connectivity index (χ1) is 5.61. The SMILES string of the molecule is CCOC(=O)C(C=O)CC(=O)[O-]. The third-order valence-corrected chi connectivity index (χ3v) is 1.14. The molecule has 0 radical (unpaired) electrons. The van der Waals surface area contributed by atoms with E-state index >= 15 is 0 Å². The minimum Gasteiger partial charge on any atom is -0.550 e. The number of ether oxygens (including phenoxy) is 1. The van der Waals surface area contributed by atoms with E-state index in [0.717, 1.165) is 0 Å². The van der Waals surface area contributed by atoms with Gasteiger partial charge in [0.25, 0.3) is 0 Å². The predicted molar refractivity (Wildman–Crippen MR) is 35.8 cm³/mol. The van der Waals surface area contributed by atoms with Crippen molar-refractivity contribution in [1.29, 1.82) is 0 Å². The molecule has 5 heteroatoms. The number of hydrogen-bond donors (Lipinski definition) is 0. The van der Waals surface area contributed by atoms with E-state index in [2.05, 4.69) is 4.74 Å². The lowest BCUT2D eigenvalue weighted by Crippen LogP contribution is -2.30. The molecule has 5 nitrogen and oxygen atoms in total. The molecule has 0 rings (SSSR count). The van der Waals surface area contributed by atoms with Crippen molar-refractivity contribution >= 4 is 18.2 Å². The number of hydrogen-bond acceptors (Lipinski definition) is 5. The van der Waals surface area contributed by atoms with E-state index in [0.29, 0.717) is 0 Å². The Hall–Kier alpha value is -1.39. The Kier molecular flexibility index (Phi) is 4.67. The lowest BCUT2D eigenvalue weighted by Gasteiger charge is -2.08. The van der Waals surface area contributed by atoms with E-state index < -0.39 is 24.3 Å². The van der Waals surface area contributed by atoms with E-state index in [1.807, 2.05) is 0 Å². The molecule has 0 aliphatic carbocycles. The average Bonchev–Trinajstić information content (AvgIpc) is 2.00. The molecule has 0 amide bonds. The van der Waals surface area contributed by atoms with Crippen LogP contribution in [0, 0.1) is 5.92 Å². The van der Waals surface area contributed by atoms with Crippen molar-refractivity contribution in [3.8, 4) is 0 Å². The second-order valence-corrected chi connectivity index (χ2v) is 2.07. The van der Waals surface area contributed by atoms with Crippen molar-refractivity contribution in [2.45, 2.75) is 13.3 Å². The van der Waals surface area contributed by atoms with Gasteiger partial charge in [0.1, 0.15) is 12.2 Å². The number of esters is 1. The molecule has 0 fully saturated rings. The van der Waals surface area contributed by atoms with Crippen molar-refractivity contribution < 1.29 is 24.2 Å². The quantitative estimate of drug-likeness (QED) is 0.287. The summed E-state index contributed by atoms with van der Waals surface area (Å²) in [4.78, 5) is 30.9. The minimum absolute atomic E-state index is 0.121. The fourth-order valence-electron chi connectivity index (χ4n) is 0.616. The van der Waals surface area contributed by atoms with Gasteiger partial charge in [0.2, 0.25) is 0 Å². The van der Waals surface area contributed by atoms with Crippen LogP contribution in [0.1, 0.15) is 13.3 Å². The van der Waals surface area contributed by atoms with Gasteiger partial charge < -0.3 is 19.4 Å². The van der Waals surface area contributed by atoms with Crippen LogP contribution in [0.5, 0.6) is 0 Å². The highest BCUT2D eigenvalue weighted by Crippen LogP contribution is 2.01. The lowest BCUT2D eigenvalue weighted by atomic mass is 10.1. The van der Waals surface area contributed by atoms with Gasteiger partial charge in [0.05, 0.1) is 6.61 Å². The number of carboxylic acids is 1. The van der Waals surface area contributed by atoms with Gasteiger partial charge in [0, 0.05) is 12.4 Å². The third-order valence-electron chi connectivity index (χ3n) is 1.14. The molecule has 0 aromatic carbocycles.